The molecule has 4 atom stereocenters. The van der Waals surface area contributed by atoms with Crippen LogP contribution < -0.4 is 11.1 Å². The summed E-state index contributed by atoms with van der Waals surface area (Å²) in [6.45, 7) is -0.143. The monoisotopic (exact) mass is 242 g/mol. The highest BCUT2D eigenvalue weighted by Gasteiger charge is 2.65. The van der Waals surface area contributed by atoms with E-state index in [1.807, 2.05) is 0 Å². The molecule has 6 nitrogen and oxygen atoms in total. The van der Waals surface area contributed by atoms with Gasteiger partial charge in [0.25, 0.3) is 0 Å². The summed E-state index contributed by atoms with van der Waals surface area (Å²) in [6, 6.07) is -0.342. The minimum Gasteiger partial charge on any atom is -0.396 e. The van der Waals surface area contributed by atoms with E-state index in [0.717, 1.165) is 12.8 Å². The van der Waals surface area contributed by atoms with E-state index in [1.54, 1.807) is 0 Å². The summed E-state index contributed by atoms with van der Waals surface area (Å²) in [5.41, 5.74) is 4.70. The Morgan fingerprint density at radius 3 is 2.53 bits per heavy atom. The van der Waals surface area contributed by atoms with E-state index < -0.39 is 18.1 Å². The SMILES string of the molecule is NC(=O)/C=C\N[C@H]1C(O)C(O)[C@@H](CO)C12CC2. The average Bonchev–Trinajstić information content (AvgIpc) is 3.01. The van der Waals surface area contributed by atoms with Crippen molar-refractivity contribution in [3.63, 3.8) is 0 Å². The van der Waals surface area contributed by atoms with Crippen LogP contribution in [0.3, 0.4) is 0 Å². The second-order valence-electron chi connectivity index (χ2n) is 4.88. The lowest BCUT2D eigenvalue weighted by Gasteiger charge is -2.23. The average molecular weight is 242 g/mol. The molecule has 0 aromatic rings. The standard InChI is InChI=1S/C11H18N2O4/c12-7(15)1-4-13-10-9(17)8(16)6(5-14)11(10)2-3-11/h1,4,6,8-10,13-14,16-17H,2-3,5H2,(H2,12,15)/b4-1-/t6-,8?,9?,10+/m1/s1. The Hall–Kier alpha value is -1.11. The lowest BCUT2D eigenvalue weighted by Crippen LogP contribution is -2.41. The van der Waals surface area contributed by atoms with Crippen LogP contribution in [-0.2, 0) is 4.79 Å². The maximum atomic E-state index is 10.6. The fourth-order valence-corrected chi connectivity index (χ4v) is 2.96. The molecule has 0 aliphatic heterocycles. The Morgan fingerprint density at radius 1 is 1.41 bits per heavy atom. The van der Waals surface area contributed by atoms with E-state index >= 15 is 0 Å². The van der Waals surface area contributed by atoms with Crippen molar-refractivity contribution < 1.29 is 20.1 Å². The largest absolute Gasteiger partial charge is 0.396 e. The third kappa shape index (κ3) is 1.92. The molecule has 0 heterocycles. The molecule has 6 N–H and O–H groups in total. The van der Waals surface area contributed by atoms with Gasteiger partial charge in [0.1, 0.15) is 6.10 Å². The summed E-state index contributed by atoms with van der Waals surface area (Å²) in [7, 11) is 0. The van der Waals surface area contributed by atoms with Crippen molar-refractivity contribution in [3.05, 3.63) is 12.3 Å². The first kappa shape index (κ1) is 12.3. The smallest absolute Gasteiger partial charge is 0.242 e. The number of aliphatic hydroxyl groups excluding tert-OH is 3. The molecule has 2 saturated carbocycles. The maximum absolute atomic E-state index is 10.6. The number of aliphatic hydroxyl groups is 3. The third-order valence-corrected chi connectivity index (χ3v) is 4.01. The number of amides is 1. The highest BCUT2D eigenvalue weighted by Crippen LogP contribution is 2.61. The molecule has 2 rings (SSSR count). The fourth-order valence-electron chi connectivity index (χ4n) is 2.96. The van der Waals surface area contributed by atoms with E-state index in [-0.39, 0.29) is 24.0 Å². The molecule has 1 spiro atoms. The molecule has 2 aliphatic rings. The van der Waals surface area contributed by atoms with Crippen molar-refractivity contribution in [2.24, 2.45) is 17.1 Å². The van der Waals surface area contributed by atoms with Crippen LogP contribution in [-0.4, -0.2) is 46.1 Å². The molecular formula is C11H18N2O4. The number of nitrogens with one attached hydrogen (secondary N) is 1. The molecule has 0 bridgehead atoms. The van der Waals surface area contributed by atoms with Gasteiger partial charge in [-0.25, -0.2) is 0 Å². The van der Waals surface area contributed by atoms with Crippen molar-refractivity contribution >= 4 is 5.91 Å². The van der Waals surface area contributed by atoms with Gasteiger partial charge in [0.2, 0.25) is 5.91 Å². The summed E-state index contributed by atoms with van der Waals surface area (Å²) in [6.07, 6.45) is 2.40. The van der Waals surface area contributed by atoms with Gasteiger partial charge in [0.15, 0.2) is 0 Å². The van der Waals surface area contributed by atoms with Crippen LogP contribution in [0.15, 0.2) is 12.3 Å². The molecular weight excluding hydrogens is 224 g/mol. The number of carbonyl (C=O) groups excluding carboxylic acids is 1. The molecule has 2 aliphatic carbocycles. The zero-order valence-corrected chi connectivity index (χ0v) is 9.41. The number of hydrogen-bond donors (Lipinski definition) is 5. The molecule has 6 heteroatoms. The zero-order chi connectivity index (χ0) is 12.6. The fraction of sp³-hybridized carbons (Fsp3) is 0.727. The molecule has 0 aromatic carbocycles. The van der Waals surface area contributed by atoms with Gasteiger partial charge in [-0.05, 0) is 12.8 Å². The van der Waals surface area contributed by atoms with E-state index in [2.05, 4.69) is 5.32 Å². The predicted molar refractivity (Wildman–Crippen MR) is 59.5 cm³/mol. The second-order valence-corrected chi connectivity index (χ2v) is 4.88. The predicted octanol–water partition coefficient (Wildman–Crippen LogP) is -1.93. The highest BCUT2D eigenvalue weighted by molar-refractivity contribution is 5.85. The molecule has 17 heavy (non-hydrogen) atoms. The zero-order valence-electron chi connectivity index (χ0n) is 9.41. The Balaban J connectivity index is 2.09. The van der Waals surface area contributed by atoms with Gasteiger partial charge in [-0.1, -0.05) is 0 Å². The van der Waals surface area contributed by atoms with Crippen molar-refractivity contribution in [2.45, 2.75) is 31.1 Å². The van der Waals surface area contributed by atoms with Gasteiger partial charge >= 0.3 is 0 Å². The van der Waals surface area contributed by atoms with Crippen molar-refractivity contribution in [1.29, 1.82) is 0 Å². The summed E-state index contributed by atoms with van der Waals surface area (Å²) in [5.74, 6) is -0.883. The summed E-state index contributed by atoms with van der Waals surface area (Å²) in [4.78, 5) is 10.6. The first-order valence-electron chi connectivity index (χ1n) is 5.72. The Bertz CT molecular complexity index is 340. The van der Waals surface area contributed by atoms with Gasteiger partial charge in [-0.2, -0.15) is 0 Å². The minimum absolute atomic E-state index is 0.143. The van der Waals surface area contributed by atoms with Crippen LogP contribution in [0.25, 0.3) is 0 Å². The van der Waals surface area contributed by atoms with Crippen LogP contribution in [0.5, 0.6) is 0 Å². The minimum atomic E-state index is -0.938. The van der Waals surface area contributed by atoms with Gasteiger partial charge < -0.3 is 26.4 Å². The van der Waals surface area contributed by atoms with Crippen molar-refractivity contribution in [3.8, 4) is 0 Å². The summed E-state index contributed by atoms with van der Waals surface area (Å²) >= 11 is 0. The summed E-state index contributed by atoms with van der Waals surface area (Å²) < 4.78 is 0. The molecule has 2 fully saturated rings. The van der Waals surface area contributed by atoms with Gasteiger partial charge in [0.05, 0.1) is 12.1 Å². The number of rotatable bonds is 4. The number of nitrogens with two attached hydrogens (primary N) is 1. The van der Waals surface area contributed by atoms with Gasteiger partial charge in [-0.3, -0.25) is 4.79 Å². The van der Waals surface area contributed by atoms with E-state index in [9.17, 15) is 20.1 Å². The number of carbonyl (C=O) groups is 1. The van der Waals surface area contributed by atoms with Crippen molar-refractivity contribution in [1.82, 2.24) is 5.32 Å². The Kier molecular flexibility index (Phi) is 3.11. The second kappa shape index (κ2) is 4.29. The third-order valence-electron chi connectivity index (χ3n) is 4.01. The Morgan fingerprint density at radius 2 is 2.06 bits per heavy atom. The van der Waals surface area contributed by atoms with E-state index in [1.165, 1.54) is 12.3 Å². The lowest BCUT2D eigenvalue weighted by molar-refractivity contribution is -0.113. The first-order chi connectivity index (χ1) is 8.03. The topological polar surface area (TPSA) is 116 Å². The van der Waals surface area contributed by atoms with Crippen molar-refractivity contribution in [2.75, 3.05) is 6.61 Å². The molecule has 96 valence electrons. The molecule has 0 saturated heterocycles. The number of primary amides is 1. The molecule has 2 unspecified atom stereocenters. The molecule has 0 aromatic heterocycles. The maximum Gasteiger partial charge on any atom is 0.242 e. The molecule has 1 amide bonds. The van der Waals surface area contributed by atoms with Crippen LogP contribution in [0.1, 0.15) is 12.8 Å². The van der Waals surface area contributed by atoms with Crippen LogP contribution >= 0.6 is 0 Å². The quantitative estimate of drug-likeness (QED) is 0.368. The van der Waals surface area contributed by atoms with E-state index in [4.69, 9.17) is 5.73 Å². The highest BCUT2D eigenvalue weighted by atomic mass is 16.3. The van der Waals surface area contributed by atoms with Gasteiger partial charge in [-0.15, -0.1) is 0 Å². The van der Waals surface area contributed by atoms with Crippen LogP contribution in [0, 0.1) is 11.3 Å². The lowest BCUT2D eigenvalue weighted by atomic mass is 9.90. The first-order valence-corrected chi connectivity index (χ1v) is 5.72. The summed E-state index contributed by atoms with van der Waals surface area (Å²) in [5, 5.41) is 32.0. The van der Waals surface area contributed by atoms with Crippen LogP contribution in [0.2, 0.25) is 0 Å². The molecule has 0 radical (unpaired) electrons. The van der Waals surface area contributed by atoms with Gasteiger partial charge in [0, 0.05) is 30.2 Å². The van der Waals surface area contributed by atoms with Crippen LogP contribution in [0.4, 0.5) is 0 Å². The Labute approximate surface area is 99.1 Å². The number of hydrogen-bond acceptors (Lipinski definition) is 5. The normalized spacial score (nSPS) is 38.8. The van der Waals surface area contributed by atoms with E-state index in [0.29, 0.717) is 0 Å².